The van der Waals surface area contributed by atoms with Crippen molar-refractivity contribution < 1.29 is 131 Å². The monoisotopic (exact) mass is 918 g/mol. The number of nitrogens with zero attached hydrogens (tertiary/aromatic N) is 2. The van der Waals surface area contributed by atoms with Crippen LogP contribution < -0.4 is 0 Å². The van der Waals surface area contributed by atoms with Crippen molar-refractivity contribution in [3.05, 3.63) is 22.8 Å². The van der Waals surface area contributed by atoms with Gasteiger partial charge in [0.25, 0.3) is 0 Å². The largest absolute Gasteiger partial charge is 0.645 e. The van der Waals surface area contributed by atoms with E-state index in [2.05, 4.69) is 10.6 Å². The third-order valence-electron chi connectivity index (χ3n) is 7.31. The van der Waals surface area contributed by atoms with Gasteiger partial charge in [-0.15, -0.1) is 0 Å². The smallest absolute Gasteiger partial charge is 0.167 e. The van der Waals surface area contributed by atoms with Gasteiger partial charge in [0.05, 0.1) is 17.9 Å². The van der Waals surface area contributed by atoms with Crippen molar-refractivity contribution in [3.8, 4) is 0 Å². The number of carbonyl (C=O) groups is 4. The molecule has 0 N–H and O–H groups in total. The zero-order chi connectivity index (χ0) is 19.7. The molecular formula is C20H24N2O5W2Y2-2. The molecule has 3 heterocycles. The summed E-state index contributed by atoms with van der Waals surface area (Å²) in [6.07, 6.45) is 3.94. The predicted octanol–water partition coefficient (Wildman–Crippen LogP) is 2.08. The molecular weight excluding hydrogens is 894 g/mol. The van der Waals surface area contributed by atoms with Crippen LogP contribution in [-0.4, -0.2) is 46.7 Å². The van der Waals surface area contributed by atoms with E-state index in [1.54, 1.807) is 12.2 Å². The first-order chi connectivity index (χ1) is 12.6. The fourth-order valence-electron chi connectivity index (χ4n) is 4.83. The van der Waals surface area contributed by atoms with Crippen LogP contribution in [0.4, 0.5) is 0 Å². The Morgan fingerprint density at radius 2 is 1.39 bits per heavy atom. The van der Waals surface area contributed by atoms with E-state index in [1.165, 1.54) is 0 Å². The first kappa shape index (κ1) is 32.6. The minimum Gasteiger partial charge on any atom is -0.645 e. The second kappa shape index (κ2) is 11.5. The number of rotatable bonds is 0. The zero-order valence-electron chi connectivity index (χ0n) is 17.9. The SMILES string of the molecule is C[C@@H]1C(=O)C2OC2C2(CC(=O)[N-]2)[C@@H]1C.C[C@@H]1C(=O)C=CC2(CC(=O)[N-]2)[C@@H]1C.[W].[W].[Y].[Y]. The van der Waals surface area contributed by atoms with Gasteiger partial charge in [-0.3, -0.25) is 9.59 Å². The quantitative estimate of drug-likeness (QED) is 0.274. The number of Topliss-reactive ketones (excluding diaryl/α,β-unsaturated/α-hetero) is 1. The number of fused-ring (bicyclic) bond motifs is 2. The van der Waals surface area contributed by atoms with Gasteiger partial charge < -0.3 is 25.0 Å². The van der Waals surface area contributed by atoms with Crippen molar-refractivity contribution >= 4 is 23.4 Å². The van der Waals surface area contributed by atoms with Crippen LogP contribution in [0.3, 0.4) is 0 Å². The molecule has 5 aliphatic rings. The summed E-state index contributed by atoms with van der Waals surface area (Å²) >= 11 is 0. The molecule has 4 unspecified atom stereocenters. The summed E-state index contributed by atoms with van der Waals surface area (Å²) in [7, 11) is 0. The van der Waals surface area contributed by atoms with Crippen LogP contribution in [0, 0.1) is 23.7 Å². The van der Waals surface area contributed by atoms with Crippen molar-refractivity contribution in [2.24, 2.45) is 23.7 Å². The Balaban J connectivity index is 0.000000516. The summed E-state index contributed by atoms with van der Waals surface area (Å²) in [6, 6.07) is 0. The van der Waals surface area contributed by atoms with Crippen LogP contribution in [0.5, 0.6) is 0 Å². The maximum absolute atomic E-state index is 11.6. The van der Waals surface area contributed by atoms with E-state index in [0.29, 0.717) is 12.8 Å². The van der Waals surface area contributed by atoms with Gasteiger partial charge in [-0.05, 0) is 30.8 Å². The van der Waals surface area contributed by atoms with Crippen molar-refractivity contribution in [1.29, 1.82) is 0 Å². The van der Waals surface area contributed by atoms with Crippen molar-refractivity contribution in [1.82, 2.24) is 0 Å². The molecule has 0 aromatic rings. The molecule has 2 radical (unpaired) electrons. The summed E-state index contributed by atoms with van der Waals surface area (Å²) in [5.41, 5.74) is -0.695. The summed E-state index contributed by atoms with van der Waals surface area (Å²) in [4.78, 5) is 44.7. The molecule has 0 aromatic heterocycles. The van der Waals surface area contributed by atoms with Crippen LogP contribution in [0.1, 0.15) is 40.5 Å². The van der Waals surface area contributed by atoms with Crippen molar-refractivity contribution in [3.63, 3.8) is 0 Å². The molecule has 7 nitrogen and oxygen atoms in total. The number of allylic oxidation sites excluding steroid dienone is 1. The molecule has 0 aromatic carbocycles. The molecule has 0 bridgehead atoms. The number of epoxide rings is 1. The third-order valence-corrected chi connectivity index (χ3v) is 7.31. The second-order valence-corrected chi connectivity index (χ2v) is 8.62. The van der Waals surface area contributed by atoms with E-state index in [1.807, 2.05) is 27.7 Å². The molecule has 31 heavy (non-hydrogen) atoms. The molecule has 4 fully saturated rings. The number of ketones is 2. The van der Waals surface area contributed by atoms with E-state index in [0.717, 1.165) is 0 Å². The Morgan fingerprint density at radius 3 is 1.87 bits per heavy atom. The Labute approximate surface area is 261 Å². The molecule has 164 valence electrons. The standard InChI is InChI=1S/C10H13NO3.C10H13NO2.2W.2Y/c1-4-5(2)10(3-6(12)11-10)9-8(14-9)7(4)13;1-6-7(2)10(4-3-8(6)12)5-9(13)11-10;;;;/h4-5,8-9H,3H2,1-2H3,(H,11,12);3-4,6-7H,5H2,1-2H3,(H,11,13);;;;/p-2/t4-,5+,8?,9?,10?;6-,7+,10?;;;;/m00..../s1. The van der Waals surface area contributed by atoms with Crippen molar-refractivity contribution in [2.45, 2.75) is 63.8 Å². The Hall–Kier alpha value is 1.56. The first-order valence-electron chi connectivity index (χ1n) is 9.55. The minimum absolute atomic E-state index is 0. The molecule has 3 aliphatic heterocycles. The molecule has 2 spiro atoms. The Bertz CT molecular complexity index is 778. The molecule has 11 heteroatoms. The average Bonchev–Trinajstić information content (AvgIpc) is 3.37. The summed E-state index contributed by atoms with van der Waals surface area (Å²) in [5, 5.41) is 8.09. The van der Waals surface area contributed by atoms with E-state index >= 15 is 0 Å². The van der Waals surface area contributed by atoms with Gasteiger partial charge in [0.1, 0.15) is 6.10 Å². The zero-order valence-corrected chi connectivity index (χ0v) is 29.5. The average molecular weight is 918 g/mol. The van der Waals surface area contributed by atoms with E-state index in [-0.39, 0.29) is 178 Å². The normalized spacial score (nSPS) is 43.0. The fourth-order valence-corrected chi connectivity index (χ4v) is 4.83. The summed E-state index contributed by atoms with van der Waals surface area (Å²) < 4.78 is 5.34. The fraction of sp³-hybridized carbons (Fsp3) is 0.700. The molecule has 2 aliphatic carbocycles. The third kappa shape index (κ3) is 5.39. The number of hydrogen-bond donors (Lipinski definition) is 0. The van der Waals surface area contributed by atoms with E-state index in [9.17, 15) is 19.2 Å². The first-order valence-corrected chi connectivity index (χ1v) is 9.55. The molecule has 1 saturated carbocycles. The van der Waals surface area contributed by atoms with Gasteiger partial charge in [-0.25, -0.2) is 0 Å². The van der Waals surface area contributed by atoms with Crippen molar-refractivity contribution in [2.75, 3.05) is 0 Å². The number of hydrogen-bond acceptors (Lipinski definition) is 5. The van der Waals surface area contributed by atoms with Gasteiger partial charge in [-0.2, -0.15) is 0 Å². The maximum atomic E-state index is 11.6. The van der Waals surface area contributed by atoms with Crippen LogP contribution in [0.2, 0.25) is 0 Å². The van der Waals surface area contributed by atoms with Gasteiger partial charge in [-0.1, -0.05) is 44.8 Å². The maximum Gasteiger partial charge on any atom is 0.167 e. The topological polar surface area (TPSA) is 109 Å². The molecule has 3 saturated heterocycles. The van der Waals surface area contributed by atoms with E-state index in [4.69, 9.17) is 4.74 Å². The number of β-lactam (4-membered cyclic amide) rings is 2. The van der Waals surface area contributed by atoms with Crippen LogP contribution in [0.15, 0.2) is 12.2 Å². The van der Waals surface area contributed by atoms with Gasteiger partial charge in [0.2, 0.25) is 0 Å². The molecule has 5 rings (SSSR count). The summed E-state index contributed by atoms with van der Waals surface area (Å²) in [5.74, 6) is 0.484. The van der Waals surface area contributed by atoms with Crippen LogP contribution in [-0.2, 0) is 131 Å². The predicted molar refractivity (Wildman–Crippen MR) is 95.9 cm³/mol. The van der Waals surface area contributed by atoms with Crippen LogP contribution >= 0.6 is 0 Å². The molecule has 8 atom stereocenters. The Morgan fingerprint density at radius 1 is 0.871 bits per heavy atom. The van der Waals surface area contributed by atoms with Gasteiger partial charge in [0, 0.05) is 119 Å². The van der Waals surface area contributed by atoms with Gasteiger partial charge >= 0.3 is 0 Å². The minimum atomic E-state index is -0.352. The number of carbonyl (C=O) groups excluding carboxylic acids is 4. The summed E-state index contributed by atoms with van der Waals surface area (Å²) in [6.45, 7) is 7.79. The van der Waals surface area contributed by atoms with Crippen LogP contribution in [0.25, 0.3) is 10.6 Å². The number of amides is 2. The molecule has 2 amide bonds. The Kier molecular flexibility index (Phi) is 12.1. The van der Waals surface area contributed by atoms with Gasteiger partial charge in [0.15, 0.2) is 11.6 Å². The second-order valence-electron chi connectivity index (χ2n) is 8.62. The number of ether oxygens (including phenoxy) is 1. The van der Waals surface area contributed by atoms with E-state index < -0.39 is 0 Å².